The van der Waals surface area contributed by atoms with Gasteiger partial charge in [-0.25, -0.2) is 4.79 Å². The standard InChI is InChI=1S/C19H26O3/c1-10-7-13-8-12(3)14-6-5-11(2)15-16(14)19(21,22-17(15)20)18(13,4)9-10/h7,11-14,21H,5-6,8-9H2,1-4H3/t11-,12?,13-,14+,18-,19+/m0/s1. The Labute approximate surface area is 132 Å². The van der Waals surface area contributed by atoms with E-state index >= 15 is 0 Å². The van der Waals surface area contributed by atoms with Gasteiger partial charge in [0.25, 0.3) is 0 Å². The molecular weight excluding hydrogens is 276 g/mol. The molecule has 0 bridgehead atoms. The molecule has 1 fully saturated rings. The van der Waals surface area contributed by atoms with E-state index in [0.717, 1.165) is 36.8 Å². The molecule has 0 aromatic carbocycles. The molecule has 3 heteroatoms. The van der Waals surface area contributed by atoms with Crippen LogP contribution in [0.25, 0.3) is 0 Å². The van der Waals surface area contributed by atoms with Crippen LogP contribution in [0, 0.1) is 29.1 Å². The van der Waals surface area contributed by atoms with E-state index in [1.54, 1.807) is 0 Å². The number of ether oxygens (including phenoxy) is 1. The fourth-order valence-corrected chi connectivity index (χ4v) is 5.73. The molecule has 4 rings (SSSR count). The SMILES string of the molecule is CC1=C[C@H]2CC(C)[C@H]3CC[C@H](C)C4=C3[C@@](O)(OC4=O)[C@@]2(C)C1. The Bertz CT molecular complexity index is 616. The Kier molecular flexibility index (Phi) is 2.80. The van der Waals surface area contributed by atoms with Crippen LogP contribution in [-0.2, 0) is 9.53 Å². The first kappa shape index (κ1) is 14.5. The van der Waals surface area contributed by atoms with E-state index in [4.69, 9.17) is 4.74 Å². The number of rotatable bonds is 0. The van der Waals surface area contributed by atoms with Crippen LogP contribution >= 0.6 is 0 Å². The summed E-state index contributed by atoms with van der Waals surface area (Å²) in [6.45, 7) is 8.62. The first-order valence-corrected chi connectivity index (χ1v) is 8.65. The lowest BCUT2D eigenvalue weighted by Crippen LogP contribution is -2.51. The minimum Gasteiger partial charge on any atom is -0.425 e. The molecule has 1 heterocycles. The summed E-state index contributed by atoms with van der Waals surface area (Å²) in [5.74, 6) is -0.411. The lowest BCUT2D eigenvalue weighted by molar-refractivity contribution is -0.231. The molecule has 0 saturated heterocycles. The lowest BCUT2D eigenvalue weighted by Gasteiger charge is -2.43. The number of allylic oxidation sites excluding steroid dienone is 2. The molecule has 0 amide bonds. The maximum atomic E-state index is 12.5. The summed E-state index contributed by atoms with van der Waals surface area (Å²) >= 11 is 0. The van der Waals surface area contributed by atoms with Gasteiger partial charge in [-0.3, -0.25) is 0 Å². The van der Waals surface area contributed by atoms with Crippen LogP contribution in [0.3, 0.4) is 0 Å². The molecule has 120 valence electrons. The van der Waals surface area contributed by atoms with E-state index in [0.29, 0.717) is 11.8 Å². The second-order valence-electron chi connectivity index (χ2n) is 8.37. The van der Waals surface area contributed by atoms with Crippen molar-refractivity contribution in [3.05, 3.63) is 22.8 Å². The lowest BCUT2D eigenvalue weighted by atomic mass is 9.66. The molecule has 0 spiro atoms. The van der Waals surface area contributed by atoms with Crippen molar-refractivity contribution in [1.82, 2.24) is 0 Å². The summed E-state index contributed by atoms with van der Waals surface area (Å²) in [7, 11) is 0. The van der Waals surface area contributed by atoms with E-state index in [1.807, 2.05) is 0 Å². The van der Waals surface area contributed by atoms with Gasteiger partial charge >= 0.3 is 5.97 Å². The molecule has 1 N–H and O–H groups in total. The quantitative estimate of drug-likeness (QED) is 0.549. The van der Waals surface area contributed by atoms with Crippen LogP contribution in [0.4, 0.5) is 0 Å². The number of carbonyl (C=O) groups is 1. The topological polar surface area (TPSA) is 46.5 Å². The molecule has 6 atom stereocenters. The van der Waals surface area contributed by atoms with E-state index in [2.05, 4.69) is 33.8 Å². The fraction of sp³-hybridized carbons (Fsp3) is 0.737. The molecule has 0 aromatic rings. The Hall–Kier alpha value is -1.09. The van der Waals surface area contributed by atoms with E-state index in [-0.39, 0.29) is 17.8 Å². The normalized spacial score (nSPS) is 50.2. The van der Waals surface area contributed by atoms with Crippen molar-refractivity contribution >= 4 is 5.97 Å². The number of fused-ring (bicyclic) bond motifs is 2. The van der Waals surface area contributed by atoms with Crippen molar-refractivity contribution in [2.45, 2.75) is 59.2 Å². The zero-order valence-corrected chi connectivity index (χ0v) is 14.0. The summed E-state index contributed by atoms with van der Waals surface area (Å²) in [5.41, 5.74) is 2.62. The van der Waals surface area contributed by atoms with Crippen molar-refractivity contribution in [3.8, 4) is 0 Å². The minimum atomic E-state index is -1.40. The van der Waals surface area contributed by atoms with Crippen LogP contribution in [0.2, 0.25) is 0 Å². The maximum Gasteiger partial charge on any atom is 0.337 e. The van der Waals surface area contributed by atoms with E-state index in [1.165, 1.54) is 5.57 Å². The van der Waals surface area contributed by atoms with Gasteiger partial charge in [0.1, 0.15) is 0 Å². The minimum absolute atomic E-state index is 0.204. The Morgan fingerprint density at radius 2 is 2.05 bits per heavy atom. The van der Waals surface area contributed by atoms with Gasteiger partial charge in [0.15, 0.2) is 0 Å². The van der Waals surface area contributed by atoms with Crippen molar-refractivity contribution < 1.29 is 14.6 Å². The highest BCUT2D eigenvalue weighted by molar-refractivity contribution is 5.94. The molecule has 4 aliphatic rings. The summed E-state index contributed by atoms with van der Waals surface area (Å²) in [6.07, 6.45) is 6.28. The van der Waals surface area contributed by atoms with Gasteiger partial charge in [-0.2, -0.15) is 0 Å². The maximum absolute atomic E-state index is 12.5. The average Bonchev–Trinajstić information content (AvgIpc) is 2.86. The number of hydrogen-bond acceptors (Lipinski definition) is 3. The Balaban J connectivity index is 1.95. The van der Waals surface area contributed by atoms with Gasteiger partial charge in [-0.1, -0.05) is 32.4 Å². The number of aliphatic hydroxyl groups is 1. The number of carbonyl (C=O) groups excluding carboxylic acids is 1. The molecule has 0 radical (unpaired) electrons. The third kappa shape index (κ3) is 1.53. The smallest absolute Gasteiger partial charge is 0.337 e. The largest absolute Gasteiger partial charge is 0.425 e. The highest BCUT2D eigenvalue weighted by Crippen LogP contribution is 2.63. The first-order chi connectivity index (χ1) is 10.3. The van der Waals surface area contributed by atoms with Crippen LogP contribution in [0.5, 0.6) is 0 Å². The molecular formula is C19H26O3. The van der Waals surface area contributed by atoms with Crippen molar-refractivity contribution in [2.24, 2.45) is 29.1 Å². The van der Waals surface area contributed by atoms with Gasteiger partial charge in [-0.15, -0.1) is 0 Å². The summed E-state index contributed by atoms with van der Waals surface area (Å²) in [5, 5.41) is 11.6. The third-order valence-electron chi connectivity index (χ3n) is 6.93. The van der Waals surface area contributed by atoms with Gasteiger partial charge in [0.05, 0.1) is 0 Å². The fourth-order valence-electron chi connectivity index (χ4n) is 5.73. The average molecular weight is 302 g/mol. The number of esters is 1. The molecule has 22 heavy (non-hydrogen) atoms. The van der Waals surface area contributed by atoms with Gasteiger partial charge in [0, 0.05) is 16.6 Å². The van der Waals surface area contributed by atoms with E-state index in [9.17, 15) is 9.90 Å². The molecule has 3 nitrogen and oxygen atoms in total. The third-order valence-corrected chi connectivity index (χ3v) is 6.93. The summed E-state index contributed by atoms with van der Waals surface area (Å²) in [6, 6.07) is 0. The van der Waals surface area contributed by atoms with Crippen molar-refractivity contribution in [3.63, 3.8) is 0 Å². The Morgan fingerprint density at radius 1 is 1.32 bits per heavy atom. The zero-order valence-electron chi connectivity index (χ0n) is 14.0. The molecule has 3 aliphatic carbocycles. The van der Waals surface area contributed by atoms with E-state index < -0.39 is 11.2 Å². The summed E-state index contributed by atoms with van der Waals surface area (Å²) in [4.78, 5) is 12.5. The first-order valence-electron chi connectivity index (χ1n) is 8.65. The van der Waals surface area contributed by atoms with Crippen LogP contribution in [0.1, 0.15) is 53.4 Å². The second-order valence-corrected chi connectivity index (χ2v) is 8.37. The van der Waals surface area contributed by atoms with Crippen molar-refractivity contribution in [2.75, 3.05) is 0 Å². The number of hydrogen-bond donors (Lipinski definition) is 1. The summed E-state index contributed by atoms with van der Waals surface area (Å²) < 4.78 is 5.74. The molecule has 0 aromatic heterocycles. The zero-order chi connectivity index (χ0) is 15.9. The highest BCUT2D eigenvalue weighted by Gasteiger charge is 2.66. The molecule has 1 unspecified atom stereocenters. The van der Waals surface area contributed by atoms with Crippen LogP contribution < -0.4 is 0 Å². The second kappa shape index (κ2) is 4.25. The van der Waals surface area contributed by atoms with Gasteiger partial charge in [0.2, 0.25) is 5.79 Å². The predicted octanol–water partition coefficient (Wildman–Crippen LogP) is 3.59. The molecule has 1 saturated carbocycles. The predicted molar refractivity (Wildman–Crippen MR) is 83.7 cm³/mol. The highest BCUT2D eigenvalue weighted by atomic mass is 16.7. The van der Waals surface area contributed by atoms with Crippen molar-refractivity contribution in [1.29, 1.82) is 0 Å². The van der Waals surface area contributed by atoms with Crippen LogP contribution in [-0.4, -0.2) is 16.9 Å². The monoisotopic (exact) mass is 302 g/mol. The molecule has 1 aliphatic heterocycles. The Morgan fingerprint density at radius 3 is 2.77 bits per heavy atom. The van der Waals surface area contributed by atoms with Crippen LogP contribution in [0.15, 0.2) is 22.8 Å². The van der Waals surface area contributed by atoms with Gasteiger partial charge in [-0.05, 0) is 56.3 Å². The van der Waals surface area contributed by atoms with Gasteiger partial charge < -0.3 is 9.84 Å².